The Morgan fingerprint density at radius 3 is 2.90 bits per heavy atom. The highest BCUT2D eigenvalue weighted by atomic mass is 32.2. The van der Waals surface area contributed by atoms with Crippen LogP contribution in [0.25, 0.3) is 0 Å². The summed E-state index contributed by atoms with van der Waals surface area (Å²) in [5, 5.41) is 9.71. The van der Waals surface area contributed by atoms with Crippen LogP contribution < -0.4 is 5.73 Å². The van der Waals surface area contributed by atoms with Crippen molar-refractivity contribution in [1.29, 1.82) is 0 Å². The Hall–Kier alpha value is -1.33. The zero-order valence-corrected chi connectivity index (χ0v) is 12.6. The maximum absolute atomic E-state index is 6.05. The molecular formula is C15H20N4S. The van der Waals surface area contributed by atoms with Gasteiger partial charge in [0.25, 0.3) is 0 Å². The second-order valence-electron chi connectivity index (χ2n) is 5.29. The van der Waals surface area contributed by atoms with E-state index in [0.29, 0.717) is 0 Å². The normalized spacial score (nSPS) is 16.5. The smallest absolute Gasteiger partial charge is 0.196 e. The van der Waals surface area contributed by atoms with Gasteiger partial charge in [0.1, 0.15) is 5.82 Å². The lowest BCUT2D eigenvalue weighted by molar-refractivity contribution is 0.591. The van der Waals surface area contributed by atoms with Crippen molar-refractivity contribution in [2.75, 3.05) is 0 Å². The third-order valence-electron chi connectivity index (χ3n) is 3.69. The first-order valence-corrected chi connectivity index (χ1v) is 8.02. The number of fused-ring (bicyclic) bond motifs is 1. The molecule has 1 atom stereocenters. The molecule has 1 aromatic heterocycles. The van der Waals surface area contributed by atoms with Gasteiger partial charge >= 0.3 is 0 Å². The van der Waals surface area contributed by atoms with Crippen molar-refractivity contribution in [3.63, 3.8) is 0 Å². The highest BCUT2D eigenvalue weighted by Gasteiger charge is 2.17. The van der Waals surface area contributed by atoms with Crippen LogP contribution in [0.4, 0.5) is 0 Å². The summed E-state index contributed by atoms with van der Waals surface area (Å²) >= 11 is 1.68. The quantitative estimate of drug-likeness (QED) is 0.942. The molecule has 1 aliphatic rings. The van der Waals surface area contributed by atoms with Gasteiger partial charge in [-0.1, -0.05) is 24.6 Å². The average molecular weight is 288 g/mol. The molecule has 0 amide bonds. The molecule has 2 heterocycles. The van der Waals surface area contributed by atoms with Crippen LogP contribution in [0.5, 0.6) is 0 Å². The zero-order valence-electron chi connectivity index (χ0n) is 11.7. The second kappa shape index (κ2) is 5.97. The molecule has 0 saturated carbocycles. The van der Waals surface area contributed by atoms with E-state index >= 15 is 0 Å². The topological polar surface area (TPSA) is 56.7 Å². The van der Waals surface area contributed by atoms with Crippen LogP contribution >= 0.6 is 11.8 Å². The largest absolute Gasteiger partial charge is 0.324 e. The van der Waals surface area contributed by atoms with Gasteiger partial charge in [-0.15, -0.1) is 10.2 Å². The zero-order chi connectivity index (χ0) is 13.9. The van der Waals surface area contributed by atoms with Crippen molar-refractivity contribution in [3.05, 3.63) is 35.7 Å². The molecule has 1 aliphatic heterocycles. The molecular weight excluding hydrogens is 268 g/mol. The molecule has 0 radical (unpaired) electrons. The maximum atomic E-state index is 6.05. The first kappa shape index (κ1) is 13.6. The Morgan fingerprint density at radius 2 is 2.05 bits per heavy atom. The van der Waals surface area contributed by atoms with E-state index in [4.69, 9.17) is 5.73 Å². The molecule has 0 saturated heterocycles. The Kier molecular flexibility index (Phi) is 4.08. The molecule has 0 bridgehead atoms. The summed E-state index contributed by atoms with van der Waals surface area (Å²) in [4.78, 5) is 1.18. The van der Waals surface area contributed by atoms with Crippen LogP contribution in [-0.2, 0) is 13.0 Å². The fourth-order valence-corrected chi connectivity index (χ4v) is 3.69. The number of hydrogen-bond acceptors (Lipinski definition) is 4. The van der Waals surface area contributed by atoms with E-state index in [1.165, 1.54) is 29.7 Å². The molecule has 106 valence electrons. The van der Waals surface area contributed by atoms with E-state index in [0.717, 1.165) is 23.9 Å². The number of hydrogen-bond donors (Lipinski definition) is 1. The molecule has 3 rings (SSSR count). The minimum Gasteiger partial charge on any atom is -0.324 e. The molecule has 1 aromatic carbocycles. The maximum Gasteiger partial charge on any atom is 0.196 e. The predicted octanol–water partition coefficient (Wildman–Crippen LogP) is 3.18. The van der Waals surface area contributed by atoms with E-state index < -0.39 is 0 Å². The van der Waals surface area contributed by atoms with Gasteiger partial charge < -0.3 is 10.3 Å². The lowest BCUT2D eigenvalue weighted by Crippen LogP contribution is -2.07. The molecule has 2 aromatic rings. The molecule has 20 heavy (non-hydrogen) atoms. The summed E-state index contributed by atoms with van der Waals surface area (Å²) in [6.07, 6.45) is 4.76. The number of nitrogens with zero attached hydrogens (tertiary/aromatic N) is 3. The lowest BCUT2D eigenvalue weighted by Gasteiger charge is -2.12. The number of nitrogens with two attached hydrogens (primary N) is 1. The molecule has 2 N–H and O–H groups in total. The fraction of sp³-hybridized carbons (Fsp3) is 0.467. The standard InChI is InChI=1S/C15H20N4S/c1-11(16)12-7-4-5-8-13(12)20-15-18-17-14-9-3-2-6-10-19(14)15/h4-5,7-8,11H,2-3,6,9-10,16H2,1H3/t11-/m1/s1. The van der Waals surface area contributed by atoms with Gasteiger partial charge in [0, 0.05) is 23.9 Å². The van der Waals surface area contributed by atoms with Crippen LogP contribution in [0.2, 0.25) is 0 Å². The van der Waals surface area contributed by atoms with Gasteiger partial charge in [0.05, 0.1) is 0 Å². The van der Waals surface area contributed by atoms with Crippen molar-refractivity contribution in [1.82, 2.24) is 14.8 Å². The molecule has 0 unspecified atom stereocenters. The Bertz CT molecular complexity index is 591. The van der Waals surface area contributed by atoms with E-state index in [1.807, 2.05) is 19.1 Å². The van der Waals surface area contributed by atoms with E-state index in [-0.39, 0.29) is 6.04 Å². The van der Waals surface area contributed by atoms with Crippen molar-refractivity contribution >= 4 is 11.8 Å². The van der Waals surface area contributed by atoms with E-state index in [9.17, 15) is 0 Å². The van der Waals surface area contributed by atoms with Crippen molar-refractivity contribution < 1.29 is 0 Å². The van der Waals surface area contributed by atoms with Crippen LogP contribution in [-0.4, -0.2) is 14.8 Å². The number of rotatable bonds is 3. The fourth-order valence-electron chi connectivity index (χ4n) is 2.58. The van der Waals surface area contributed by atoms with Gasteiger partial charge in [0.15, 0.2) is 5.16 Å². The SMILES string of the molecule is C[C@@H](N)c1ccccc1Sc1nnc2n1CCCCC2. The summed E-state index contributed by atoms with van der Waals surface area (Å²) in [5.74, 6) is 1.13. The predicted molar refractivity (Wildman–Crippen MR) is 80.7 cm³/mol. The molecule has 5 heteroatoms. The summed E-state index contributed by atoms with van der Waals surface area (Å²) in [6, 6.07) is 8.32. The minimum atomic E-state index is 0.0326. The highest BCUT2D eigenvalue weighted by Crippen LogP contribution is 2.32. The minimum absolute atomic E-state index is 0.0326. The third kappa shape index (κ3) is 2.74. The summed E-state index contributed by atoms with van der Waals surface area (Å²) < 4.78 is 2.27. The van der Waals surface area contributed by atoms with Crippen LogP contribution in [0, 0.1) is 0 Å². The number of benzene rings is 1. The van der Waals surface area contributed by atoms with Gasteiger partial charge in [-0.3, -0.25) is 0 Å². The molecule has 0 spiro atoms. The van der Waals surface area contributed by atoms with Crippen molar-refractivity contribution in [2.24, 2.45) is 5.73 Å². The lowest BCUT2D eigenvalue weighted by atomic mass is 10.1. The Balaban J connectivity index is 1.90. The summed E-state index contributed by atoms with van der Waals surface area (Å²) in [7, 11) is 0. The second-order valence-corrected chi connectivity index (χ2v) is 6.30. The first-order chi connectivity index (χ1) is 9.75. The van der Waals surface area contributed by atoms with E-state index in [2.05, 4.69) is 26.9 Å². The van der Waals surface area contributed by atoms with Gasteiger partial charge in [-0.2, -0.15) is 0 Å². The van der Waals surface area contributed by atoms with Crippen molar-refractivity contribution in [3.8, 4) is 0 Å². The number of aromatic nitrogens is 3. The highest BCUT2D eigenvalue weighted by molar-refractivity contribution is 7.99. The van der Waals surface area contributed by atoms with Gasteiger partial charge in [-0.05, 0) is 43.2 Å². The summed E-state index contributed by atoms with van der Waals surface area (Å²) in [5.41, 5.74) is 7.22. The van der Waals surface area contributed by atoms with E-state index in [1.54, 1.807) is 11.8 Å². The van der Waals surface area contributed by atoms with Crippen LogP contribution in [0.15, 0.2) is 34.3 Å². The molecule has 0 fully saturated rings. The Morgan fingerprint density at radius 1 is 1.20 bits per heavy atom. The van der Waals surface area contributed by atoms with Gasteiger partial charge in [0.2, 0.25) is 0 Å². The molecule has 4 nitrogen and oxygen atoms in total. The monoisotopic (exact) mass is 288 g/mol. The van der Waals surface area contributed by atoms with Crippen molar-refractivity contribution in [2.45, 2.75) is 55.2 Å². The Labute approximate surface area is 123 Å². The average Bonchev–Trinajstić information content (AvgIpc) is 2.68. The number of aryl methyl sites for hydroxylation is 1. The van der Waals surface area contributed by atoms with Crippen LogP contribution in [0.3, 0.4) is 0 Å². The molecule has 0 aliphatic carbocycles. The summed E-state index contributed by atoms with van der Waals surface area (Å²) in [6.45, 7) is 3.05. The first-order valence-electron chi connectivity index (χ1n) is 7.20. The van der Waals surface area contributed by atoms with Crippen LogP contribution in [0.1, 0.15) is 43.6 Å². The van der Waals surface area contributed by atoms with Gasteiger partial charge in [-0.25, -0.2) is 0 Å². The third-order valence-corrected chi connectivity index (χ3v) is 4.76.